The van der Waals surface area contributed by atoms with Gasteiger partial charge in [-0.05, 0) is 32.1 Å². The van der Waals surface area contributed by atoms with E-state index >= 15 is 0 Å². The summed E-state index contributed by atoms with van der Waals surface area (Å²) in [6, 6.07) is 0.112. The molecule has 5 heteroatoms. The van der Waals surface area contributed by atoms with Gasteiger partial charge in [0.25, 0.3) is 0 Å². The molecule has 0 heterocycles. The van der Waals surface area contributed by atoms with E-state index in [1.165, 1.54) is 0 Å². The van der Waals surface area contributed by atoms with E-state index in [1.54, 1.807) is 11.9 Å². The number of nitrogens with zero attached hydrogens (tertiary/aromatic N) is 1. The molecule has 1 fully saturated rings. The second-order valence-electron chi connectivity index (χ2n) is 5.57. The molecule has 19 heavy (non-hydrogen) atoms. The number of carboxylic acids is 1. The van der Waals surface area contributed by atoms with E-state index in [4.69, 9.17) is 5.11 Å². The Bertz CT molecular complexity index is 320. The van der Waals surface area contributed by atoms with Crippen LogP contribution in [0, 0.1) is 11.8 Å². The van der Waals surface area contributed by atoms with Crippen molar-refractivity contribution in [2.45, 2.75) is 52.0 Å². The largest absolute Gasteiger partial charge is 0.481 e. The van der Waals surface area contributed by atoms with Crippen LogP contribution in [0.15, 0.2) is 0 Å². The number of hydrogen-bond acceptors (Lipinski definition) is 2. The predicted octanol–water partition coefficient (Wildman–Crippen LogP) is 2.32. The number of amides is 2. The summed E-state index contributed by atoms with van der Waals surface area (Å²) in [6.45, 7) is 4.59. The molecule has 2 amide bonds. The van der Waals surface area contributed by atoms with Crippen molar-refractivity contribution in [3.05, 3.63) is 0 Å². The Labute approximate surface area is 115 Å². The van der Waals surface area contributed by atoms with E-state index in [-0.39, 0.29) is 23.9 Å². The molecule has 1 saturated carbocycles. The molecular formula is C14H26N2O3. The van der Waals surface area contributed by atoms with Gasteiger partial charge in [0.05, 0.1) is 5.92 Å². The molecule has 3 atom stereocenters. The van der Waals surface area contributed by atoms with Gasteiger partial charge in [0.2, 0.25) is 0 Å². The quantitative estimate of drug-likeness (QED) is 0.778. The van der Waals surface area contributed by atoms with Gasteiger partial charge in [-0.1, -0.05) is 19.8 Å². The zero-order chi connectivity index (χ0) is 14.4. The van der Waals surface area contributed by atoms with E-state index in [0.29, 0.717) is 6.54 Å². The van der Waals surface area contributed by atoms with Crippen LogP contribution in [0.5, 0.6) is 0 Å². The van der Waals surface area contributed by atoms with Gasteiger partial charge in [0, 0.05) is 19.6 Å². The Kier molecular flexibility index (Phi) is 6.12. The minimum absolute atomic E-state index is 0.0799. The third-order valence-corrected chi connectivity index (χ3v) is 4.18. The zero-order valence-corrected chi connectivity index (χ0v) is 12.2. The van der Waals surface area contributed by atoms with Crippen molar-refractivity contribution >= 4 is 12.0 Å². The van der Waals surface area contributed by atoms with Crippen LogP contribution >= 0.6 is 0 Å². The maximum Gasteiger partial charge on any atom is 0.317 e. The summed E-state index contributed by atoms with van der Waals surface area (Å²) in [7, 11) is 1.79. The van der Waals surface area contributed by atoms with Crippen molar-refractivity contribution in [3.8, 4) is 0 Å². The first-order valence-electron chi connectivity index (χ1n) is 7.20. The molecule has 110 valence electrons. The summed E-state index contributed by atoms with van der Waals surface area (Å²) in [5, 5.41) is 12.0. The molecule has 0 aliphatic heterocycles. The Balaban J connectivity index is 2.39. The van der Waals surface area contributed by atoms with E-state index in [9.17, 15) is 9.59 Å². The van der Waals surface area contributed by atoms with Crippen LogP contribution in [0.2, 0.25) is 0 Å². The van der Waals surface area contributed by atoms with Crippen molar-refractivity contribution in [2.24, 2.45) is 11.8 Å². The lowest BCUT2D eigenvalue weighted by Gasteiger charge is -2.26. The van der Waals surface area contributed by atoms with Crippen molar-refractivity contribution in [2.75, 3.05) is 13.6 Å². The molecule has 0 saturated heterocycles. The van der Waals surface area contributed by atoms with Gasteiger partial charge in [0.1, 0.15) is 0 Å². The smallest absolute Gasteiger partial charge is 0.317 e. The Morgan fingerprint density at radius 3 is 2.68 bits per heavy atom. The second-order valence-corrected chi connectivity index (χ2v) is 5.57. The maximum absolute atomic E-state index is 12.0. The molecule has 1 aliphatic rings. The lowest BCUT2D eigenvalue weighted by Crippen LogP contribution is -2.44. The van der Waals surface area contributed by atoms with Gasteiger partial charge in [-0.2, -0.15) is 0 Å². The lowest BCUT2D eigenvalue weighted by atomic mass is 9.96. The van der Waals surface area contributed by atoms with Crippen molar-refractivity contribution in [1.82, 2.24) is 10.2 Å². The monoisotopic (exact) mass is 270 g/mol. The molecular weight excluding hydrogens is 244 g/mol. The number of hydrogen-bond donors (Lipinski definition) is 2. The lowest BCUT2D eigenvalue weighted by molar-refractivity contribution is -0.142. The molecule has 3 unspecified atom stereocenters. The van der Waals surface area contributed by atoms with Gasteiger partial charge < -0.3 is 15.3 Å². The highest BCUT2D eigenvalue weighted by Crippen LogP contribution is 2.31. The Morgan fingerprint density at radius 2 is 2.11 bits per heavy atom. The van der Waals surface area contributed by atoms with E-state index in [1.807, 2.05) is 6.92 Å². The van der Waals surface area contributed by atoms with E-state index in [0.717, 1.165) is 32.1 Å². The zero-order valence-electron chi connectivity index (χ0n) is 12.2. The molecule has 0 radical (unpaired) electrons. The second kappa shape index (κ2) is 7.36. The van der Waals surface area contributed by atoms with Crippen LogP contribution in [0.25, 0.3) is 0 Å². The Morgan fingerprint density at radius 1 is 1.42 bits per heavy atom. The highest BCUT2D eigenvalue weighted by molar-refractivity contribution is 5.74. The molecule has 0 aromatic carbocycles. The van der Waals surface area contributed by atoms with Crippen molar-refractivity contribution in [3.63, 3.8) is 0 Å². The van der Waals surface area contributed by atoms with Gasteiger partial charge in [-0.3, -0.25) is 4.79 Å². The van der Waals surface area contributed by atoms with Gasteiger partial charge in [-0.15, -0.1) is 0 Å². The average molecular weight is 270 g/mol. The fourth-order valence-corrected chi connectivity index (χ4v) is 2.76. The van der Waals surface area contributed by atoms with Crippen LogP contribution in [-0.4, -0.2) is 41.6 Å². The van der Waals surface area contributed by atoms with E-state index in [2.05, 4.69) is 12.2 Å². The van der Waals surface area contributed by atoms with Crippen LogP contribution in [0.1, 0.15) is 46.0 Å². The van der Waals surface area contributed by atoms with Crippen LogP contribution < -0.4 is 5.32 Å². The summed E-state index contributed by atoms with van der Waals surface area (Å²) in [5.41, 5.74) is 0. The molecule has 0 spiro atoms. The van der Waals surface area contributed by atoms with Gasteiger partial charge >= 0.3 is 12.0 Å². The van der Waals surface area contributed by atoms with Crippen LogP contribution in [-0.2, 0) is 4.79 Å². The predicted molar refractivity (Wildman–Crippen MR) is 74.0 cm³/mol. The van der Waals surface area contributed by atoms with Crippen LogP contribution in [0.3, 0.4) is 0 Å². The normalized spacial score (nSPS) is 23.9. The average Bonchev–Trinajstić information content (AvgIpc) is 2.83. The number of carboxylic acid groups (broad SMARTS) is 1. The fourth-order valence-electron chi connectivity index (χ4n) is 2.76. The minimum atomic E-state index is -0.732. The highest BCUT2D eigenvalue weighted by atomic mass is 16.4. The summed E-state index contributed by atoms with van der Waals surface area (Å²) in [6.07, 6.45) is 4.59. The molecule has 0 aromatic rings. The summed E-state index contributed by atoms with van der Waals surface area (Å²) in [4.78, 5) is 24.7. The molecule has 0 aromatic heterocycles. The number of aliphatic carboxylic acids is 1. The van der Waals surface area contributed by atoms with Crippen LogP contribution in [0.4, 0.5) is 4.79 Å². The number of carbonyl (C=O) groups excluding carboxylic acids is 1. The number of rotatable bonds is 6. The van der Waals surface area contributed by atoms with E-state index < -0.39 is 5.97 Å². The number of urea groups is 1. The molecule has 1 aliphatic carbocycles. The van der Waals surface area contributed by atoms with Gasteiger partial charge in [0.15, 0.2) is 0 Å². The third-order valence-electron chi connectivity index (χ3n) is 4.18. The standard InChI is InChI=1S/C14H26N2O3/c1-4-6-10(2)16(3)14(19)15-9-11-7-5-8-12(11)13(17)18/h10-12H,4-9H2,1-3H3,(H,15,19)(H,17,18). The molecule has 0 bridgehead atoms. The molecule has 2 N–H and O–H groups in total. The fraction of sp³-hybridized carbons (Fsp3) is 0.857. The Hall–Kier alpha value is -1.26. The molecule has 1 rings (SSSR count). The maximum atomic E-state index is 12.0. The summed E-state index contributed by atoms with van der Waals surface area (Å²) < 4.78 is 0. The van der Waals surface area contributed by atoms with Gasteiger partial charge in [-0.25, -0.2) is 4.79 Å². The third kappa shape index (κ3) is 4.40. The minimum Gasteiger partial charge on any atom is -0.481 e. The summed E-state index contributed by atoms with van der Waals surface area (Å²) in [5.74, 6) is -0.945. The highest BCUT2D eigenvalue weighted by Gasteiger charge is 2.33. The first-order chi connectivity index (χ1) is 8.97. The number of carbonyl (C=O) groups is 2. The number of nitrogens with one attached hydrogen (secondary N) is 1. The first kappa shape index (κ1) is 15.8. The first-order valence-corrected chi connectivity index (χ1v) is 7.20. The topological polar surface area (TPSA) is 69.6 Å². The van der Waals surface area contributed by atoms with Crippen molar-refractivity contribution in [1.29, 1.82) is 0 Å². The van der Waals surface area contributed by atoms with Crippen molar-refractivity contribution < 1.29 is 14.7 Å². The SMILES string of the molecule is CCCC(C)N(C)C(=O)NCC1CCCC1C(=O)O. The summed E-state index contributed by atoms with van der Waals surface area (Å²) >= 11 is 0. The molecule has 5 nitrogen and oxygen atoms in total.